The van der Waals surface area contributed by atoms with Gasteiger partial charge in [0, 0.05) is 35.3 Å². The van der Waals surface area contributed by atoms with Crippen LogP contribution in [-0.4, -0.2) is 31.7 Å². The van der Waals surface area contributed by atoms with Gasteiger partial charge in [-0.25, -0.2) is 9.59 Å². The fraction of sp³-hybridized carbons (Fsp3) is 0.458. The summed E-state index contributed by atoms with van der Waals surface area (Å²) in [5, 5.41) is 0. The summed E-state index contributed by atoms with van der Waals surface area (Å²) in [7, 11) is 1.28. The van der Waals surface area contributed by atoms with E-state index in [1.807, 2.05) is 0 Å². The van der Waals surface area contributed by atoms with Crippen LogP contribution in [0.1, 0.15) is 50.7 Å². The van der Waals surface area contributed by atoms with E-state index >= 15 is 0 Å². The first-order valence-electron chi connectivity index (χ1n) is 10.4. The van der Waals surface area contributed by atoms with E-state index in [0.717, 1.165) is 43.5 Å². The fourth-order valence-electron chi connectivity index (χ4n) is 5.06. The van der Waals surface area contributed by atoms with E-state index in [4.69, 9.17) is 9.47 Å². The van der Waals surface area contributed by atoms with Crippen LogP contribution in [0.25, 0.3) is 0 Å². The van der Waals surface area contributed by atoms with Crippen LogP contribution in [0, 0.1) is 6.92 Å². The van der Waals surface area contributed by atoms with E-state index in [9.17, 15) is 9.59 Å². The topological polar surface area (TPSA) is 55.8 Å². The monoisotopic (exact) mass is 417 g/mol. The number of ether oxygens (including phenoxy) is 2. The first-order chi connectivity index (χ1) is 13.9. The number of fused-ring (bicyclic) bond motifs is 4. The summed E-state index contributed by atoms with van der Waals surface area (Å²) in [6.45, 7) is 9.34. The molecular weight excluding hydrogens is 389 g/mol. The third-order valence-electron chi connectivity index (χ3n) is 6.36. The molecule has 0 saturated heterocycles. The predicted octanol–water partition coefficient (Wildman–Crippen LogP) is 1.02. The van der Waals surface area contributed by atoms with Crippen LogP contribution in [0.2, 0.25) is 0 Å². The Hall–Kier alpha value is -1.56. The van der Waals surface area contributed by atoms with Gasteiger partial charge in [-0.2, -0.15) is 6.42 Å². The SMILES string of the molecule is [CH2-]CCC1(C)C2=C3C=C(C(=O)OC)C(=O)OC3CCN2c2ccc(CCC)cc21.[Na+]. The molecule has 154 valence electrons. The minimum atomic E-state index is -0.654. The first-order valence-corrected chi connectivity index (χ1v) is 10.4. The molecule has 1 aromatic carbocycles. The maximum Gasteiger partial charge on any atom is 1.00 e. The molecule has 2 atom stereocenters. The van der Waals surface area contributed by atoms with Gasteiger partial charge >= 0.3 is 41.5 Å². The number of allylic oxidation sites excluding steroid dienone is 1. The van der Waals surface area contributed by atoms with Gasteiger partial charge in [-0.3, -0.25) is 0 Å². The van der Waals surface area contributed by atoms with Crippen molar-refractivity contribution in [3.63, 3.8) is 0 Å². The van der Waals surface area contributed by atoms with Crippen molar-refractivity contribution >= 4 is 17.6 Å². The number of nitrogens with zero attached hydrogens (tertiary/aromatic N) is 1. The van der Waals surface area contributed by atoms with E-state index in [2.05, 4.69) is 43.9 Å². The van der Waals surface area contributed by atoms with Gasteiger partial charge < -0.3 is 21.3 Å². The molecule has 3 aliphatic heterocycles. The van der Waals surface area contributed by atoms with Gasteiger partial charge in [0.15, 0.2) is 0 Å². The van der Waals surface area contributed by atoms with Gasteiger partial charge in [-0.1, -0.05) is 31.9 Å². The largest absolute Gasteiger partial charge is 1.00 e. The second kappa shape index (κ2) is 8.89. The molecule has 2 unspecified atom stereocenters. The molecule has 5 nitrogen and oxygen atoms in total. The van der Waals surface area contributed by atoms with Crippen LogP contribution in [-0.2, 0) is 30.9 Å². The Labute approximate surface area is 200 Å². The molecule has 0 amide bonds. The molecule has 0 fully saturated rings. The molecule has 0 N–H and O–H groups in total. The zero-order valence-electron chi connectivity index (χ0n) is 18.4. The number of benzene rings is 1. The molecule has 0 bridgehead atoms. The maximum absolute atomic E-state index is 12.3. The fourth-order valence-corrected chi connectivity index (χ4v) is 5.06. The maximum atomic E-state index is 12.3. The summed E-state index contributed by atoms with van der Waals surface area (Å²) in [5.74, 6) is -1.25. The number of esters is 2. The average Bonchev–Trinajstić information content (AvgIpc) is 2.96. The van der Waals surface area contributed by atoms with Gasteiger partial charge in [-0.15, -0.1) is 0 Å². The van der Waals surface area contributed by atoms with Crippen LogP contribution >= 0.6 is 0 Å². The minimum Gasteiger partial charge on any atom is -0.465 e. The normalized spacial score (nSPS) is 24.3. The predicted molar refractivity (Wildman–Crippen MR) is 111 cm³/mol. The van der Waals surface area contributed by atoms with Crippen molar-refractivity contribution < 1.29 is 48.6 Å². The molecule has 30 heavy (non-hydrogen) atoms. The molecule has 3 aliphatic rings. The molecule has 3 heterocycles. The van der Waals surface area contributed by atoms with Crippen LogP contribution in [0.3, 0.4) is 0 Å². The van der Waals surface area contributed by atoms with Crippen molar-refractivity contribution in [3.05, 3.63) is 59.2 Å². The molecule has 0 spiro atoms. The van der Waals surface area contributed by atoms with Crippen molar-refractivity contribution in [2.75, 3.05) is 18.6 Å². The Morgan fingerprint density at radius 3 is 2.83 bits per heavy atom. The van der Waals surface area contributed by atoms with Gasteiger partial charge in [-0.05, 0) is 36.6 Å². The van der Waals surface area contributed by atoms with Gasteiger partial charge in [0.1, 0.15) is 11.7 Å². The summed E-state index contributed by atoms with van der Waals surface area (Å²) in [6.07, 6.45) is 5.90. The van der Waals surface area contributed by atoms with Crippen LogP contribution < -0.4 is 34.5 Å². The molecule has 0 radical (unpaired) electrons. The number of methoxy groups -OCH3 is 1. The Balaban J connectivity index is 0.00000256. The van der Waals surface area contributed by atoms with E-state index in [1.165, 1.54) is 23.9 Å². The van der Waals surface area contributed by atoms with Crippen molar-refractivity contribution in [1.29, 1.82) is 0 Å². The van der Waals surface area contributed by atoms with Crippen molar-refractivity contribution in [2.24, 2.45) is 0 Å². The standard InChI is InChI=1S/C24H28NO4.Na/c1-5-7-15-8-9-19-18(13-15)24(3,11-6-2)21-16-14-17(22(26)28-4)23(27)29-20(16)10-12-25(19)21;/h8-9,13-14,20H,2,5-7,10-12H2,1,3-4H3;/q-1;+1. The van der Waals surface area contributed by atoms with Crippen molar-refractivity contribution in [3.8, 4) is 0 Å². The summed E-state index contributed by atoms with van der Waals surface area (Å²) < 4.78 is 10.5. The number of aryl methyl sites for hydroxylation is 1. The number of carbonyl (C=O) groups excluding carboxylic acids is 2. The third-order valence-corrected chi connectivity index (χ3v) is 6.36. The van der Waals surface area contributed by atoms with Crippen LogP contribution in [0.5, 0.6) is 0 Å². The Morgan fingerprint density at radius 1 is 1.40 bits per heavy atom. The summed E-state index contributed by atoms with van der Waals surface area (Å²) >= 11 is 0. The van der Waals surface area contributed by atoms with Crippen molar-refractivity contribution in [1.82, 2.24) is 0 Å². The summed E-state index contributed by atoms with van der Waals surface area (Å²) in [4.78, 5) is 26.8. The molecule has 0 aliphatic carbocycles. The zero-order chi connectivity index (χ0) is 20.8. The Bertz CT molecular complexity index is 935. The number of rotatable bonds is 5. The Morgan fingerprint density at radius 2 is 2.17 bits per heavy atom. The number of carbonyl (C=O) groups is 2. The minimum absolute atomic E-state index is 0. The first kappa shape index (κ1) is 23.1. The third kappa shape index (κ3) is 3.55. The molecule has 6 heteroatoms. The zero-order valence-corrected chi connectivity index (χ0v) is 20.4. The molecular formula is C24H28NNaO4. The van der Waals surface area contributed by atoms with Crippen LogP contribution in [0.15, 0.2) is 41.1 Å². The second-order valence-electron chi connectivity index (χ2n) is 8.22. The molecule has 0 saturated carbocycles. The molecule has 4 rings (SSSR count). The summed E-state index contributed by atoms with van der Waals surface area (Å²) in [6, 6.07) is 6.76. The molecule has 0 aromatic heterocycles. The number of hydrogen-bond acceptors (Lipinski definition) is 5. The van der Waals surface area contributed by atoms with Gasteiger partial charge in [0.05, 0.1) is 7.11 Å². The quantitative estimate of drug-likeness (QED) is 0.310. The smallest absolute Gasteiger partial charge is 0.465 e. The van der Waals surface area contributed by atoms with Gasteiger partial charge in [0.25, 0.3) is 0 Å². The van der Waals surface area contributed by atoms with E-state index < -0.39 is 11.9 Å². The second-order valence-corrected chi connectivity index (χ2v) is 8.22. The van der Waals surface area contributed by atoms with E-state index in [-0.39, 0.29) is 46.6 Å². The average molecular weight is 417 g/mol. The van der Waals surface area contributed by atoms with Crippen LogP contribution in [0.4, 0.5) is 5.69 Å². The van der Waals surface area contributed by atoms with E-state index in [0.29, 0.717) is 6.42 Å². The number of anilines is 1. The number of hydrogen-bond donors (Lipinski definition) is 0. The summed E-state index contributed by atoms with van der Waals surface area (Å²) in [5.41, 5.74) is 5.63. The molecule has 1 aromatic rings. The van der Waals surface area contributed by atoms with Crippen molar-refractivity contribution in [2.45, 2.75) is 57.5 Å². The van der Waals surface area contributed by atoms with Gasteiger partial charge in [0.2, 0.25) is 0 Å². The van der Waals surface area contributed by atoms with E-state index in [1.54, 1.807) is 6.08 Å². The Kier molecular flexibility index (Phi) is 6.85.